The summed E-state index contributed by atoms with van der Waals surface area (Å²) < 4.78 is 4.97. The molecule has 8 heavy (non-hydrogen) atoms. The van der Waals surface area contributed by atoms with E-state index in [1.165, 1.54) is 6.36 Å². The summed E-state index contributed by atoms with van der Waals surface area (Å²) in [6, 6.07) is 0. The van der Waals surface area contributed by atoms with Crippen molar-refractivity contribution in [1.82, 2.24) is 0 Å². The molecular weight excluding hydrogens is 119 g/mol. The fraction of sp³-hybridized carbons (Fsp3) is 1.00. The summed E-state index contributed by atoms with van der Waals surface area (Å²) in [5.41, 5.74) is 0. The second kappa shape index (κ2) is 5.23. The first kappa shape index (κ1) is 8.08. The predicted molar refractivity (Wildman–Crippen MR) is 38.8 cm³/mol. The third-order valence-electron chi connectivity index (χ3n) is 0.983. The van der Waals surface area contributed by atoms with Crippen LogP contribution in [0.5, 0.6) is 0 Å². The molecule has 0 aliphatic rings. The predicted octanol–water partition coefficient (Wildman–Crippen LogP) is 1.92. The third kappa shape index (κ3) is 4.25. The molecule has 0 spiro atoms. The standard InChI is InChI=1S/C5H11BOS/c1-3-4-5(2)7-6-8/h5H,3-4H2,1-2H3. The molecule has 0 aliphatic heterocycles. The van der Waals surface area contributed by atoms with E-state index in [1.807, 2.05) is 6.92 Å². The van der Waals surface area contributed by atoms with Crippen LogP contribution in [0.3, 0.4) is 0 Å². The van der Waals surface area contributed by atoms with E-state index in [0.29, 0.717) is 6.10 Å². The van der Waals surface area contributed by atoms with Gasteiger partial charge in [0, 0.05) is 0 Å². The average molecular weight is 130 g/mol. The first-order valence-electron chi connectivity index (χ1n) is 2.90. The van der Waals surface area contributed by atoms with E-state index in [4.69, 9.17) is 4.65 Å². The molecule has 3 heteroatoms. The second-order valence-corrected chi connectivity index (χ2v) is 2.02. The van der Waals surface area contributed by atoms with E-state index in [-0.39, 0.29) is 0 Å². The van der Waals surface area contributed by atoms with Crippen LogP contribution in [0.4, 0.5) is 0 Å². The Kier molecular flexibility index (Phi) is 5.28. The molecule has 0 aliphatic carbocycles. The molecule has 0 N–H and O–H groups in total. The Labute approximate surface area is 56.6 Å². The van der Waals surface area contributed by atoms with Gasteiger partial charge in [-0.25, -0.2) is 0 Å². The van der Waals surface area contributed by atoms with Crippen molar-refractivity contribution in [2.45, 2.75) is 32.8 Å². The van der Waals surface area contributed by atoms with Crippen molar-refractivity contribution in [3.63, 3.8) is 0 Å². The van der Waals surface area contributed by atoms with Crippen LogP contribution in [-0.2, 0) is 4.65 Å². The van der Waals surface area contributed by atoms with Crippen molar-refractivity contribution in [2.75, 3.05) is 0 Å². The molecule has 1 atom stereocenters. The summed E-state index contributed by atoms with van der Waals surface area (Å²) in [5.74, 6) is 0. The molecule has 1 unspecified atom stereocenters. The van der Waals surface area contributed by atoms with Crippen LogP contribution in [0.2, 0.25) is 0 Å². The Balaban J connectivity index is 3.03. The third-order valence-corrected chi connectivity index (χ3v) is 1.09. The van der Waals surface area contributed by atoms with Gasteiger partial charge in [-0.05, 0) is 0 Å². The molecular formula is C5H11BOS. The number of hydrogen-bond donors (Lipinski definition) is 0. The molecule has 46 valence electrons. The topological polar surface area (TPSA) is 9.23 Å². The Morgan fingerprint density at radius 1 is 1.75 bits per heavy atom. The summed E-state index contributed by atoms with van der Waals surface area (Å²) in [6.45, 7) is 4.15. The first-order chi connectivity index (χ1) is 3.81. The zero-order chi connectivity index (χ0) is 6.41. The maximum atomic E-state index is 4.97. The van der Waals surface area contributed by atoms with E-state index < -0.39 is 0 Å². The van der Waals surface area contributed by atoms with E-state index in [1.54, 1.807) is 0 Å². The molecule has 0 radical (unpaired) electrons. The molecule has 0 aromatic carbocycles. The van der Waals surface area contributed by atoms with Gasteiger partial charge in [0.2, 0.25) is 0 Å². The van der Waals surface area contributed by atoms with E-state index in [2.05, 4.69) is 19.0 Å². The van der Waals surface area contributed by atoms with Gasteiger partial charge in [0.1, 0.15) is 0 Å². The van der Waals surface area contributed by atoms with Crippen LogP contribution in [0, 0.1) is 0 Å². The normalized spacial score (nSPS) is 12.2. The molecule has 0 bridgehead atoms. The summed E-state index contributed by atoms with van der Waals surface area (Å²) >= 11 is 4.50. The summed E-state index contributed by atoms with van der Waals surface area (Å²) in [5, 5.41) is 0. The molecule has 0 saturated carbocycles. The molecule has 0 rings (SSSR count). The monoisotopic (exact) mass is 130 g/mol. The van der Waals surface area contributed by atoms with Crippen LogP contribution in [-0.4, -0.2) is 12.5 Å². The Morgan fingerprint density at radius 2 is 2.38 bits per heavy atom. The molecule has 0 aromatic rings. The Morgan fingerprint density at radius 3 is 2.75 bits per heavy atom. The fourth-order valence-corrected chi connectivity index (χ4v) is 0.759. The van der Waals surface area contributed by atoms with Crippen molar-refractivity contribution < 1.29 is 4.65 Å². The van der Waals surface area contributed by atoms with E-state index in [9.17, 15) is 0 Å². The van der Waals surface area contributed by atoms with Crippen molar-refractivity contribution in [1.29, 1.82) is 0 Å². The van der Waals surface area contributed by atoms with Crippen molar-refractivity contribution in [3.05, 3.63) is 0 Å². The van der Waals surface area contributed by atoms with Crippen LogP contribution in [0.1, 0.15) is 26.7 Å². The average Bonchev–Trinajstić information content (AvgIpc) is 1.68. The molecule has 0 aromatic heterocycles. The maximum absolute atomic E-state index is 4.97. The van der Waals surface area contributed by atoms with Crippen molar-refractivity contribution in [3.8, 4) is 0 Å². The van der Waals surface area contributed by atoms with Crippen LogP contribution in [0.25, 0.3) is 0 Å². The Bertz CT molecular complexity index is 67.4. The van der Waals surface area contributed by atoms with Crippen LogP contribution >= 0.6 is 12.1 Å². The molecule has 1 nitrogen and oxygen atoms in total. The molecule has 0 amide bonds. The van der Waals surface area contributed by atoms with Gasteiger partial charge in [-0.1, -0.05) is 0 Å². The van der Waals surface area contributed by atoms with E-state index in [0.717, 1.165) is 12.8 Å². The van der Waals surface area contributed by atoms with Gasteiger partial charge in [0.05, 0.1) is 0 Å². The van der Waals surface area contributed by atoms with Gasteiger partial charge >= 0.3 is 55.9 Å². The van der Waals surface area contributed by atoms with E-state index >= 15 is 0 Å². The molecule has 0 saturated heterocycles. The van der Waals surface area contributed by atoms with Crippen molar-refractivity contribution in [2.24, 2.45) is 0 Å². The number of rotatable bonds is 4. The SMILES string of the molecule is CCCC(C)OB=S. The number of hydrogen-bond acceptors (Lipinski definition) is 2. The van der Waals surface area contributed by atoms with Gasteiger partial charge in [-0.3, -0.25) is 0 Å². The summed E-state index contributed by atoms with van der Waals surface area (Å²) in [4.78, 5) is 0. The van der Waals surface area contributed by atoms with Crippen LogP contribution < -0.4 is 0 Å². The quantitative estimate of drug-likeness (QED) is 0.537. The first-order valence-corrected chi connectivity index (χ1v) is 3.37. The second-order valence-electron chi connectivity index (χ2n) is 1.83. The minimum atomic E-state index is 0.303. The molecule has 0 fully saturated rings. The molecule has 0 heterocycles. The zero-order valence-electron chi connectivity index (χ0n) is 5.39. The van der Waals surface area contributed by atoms with Gasteiger partial charge < -0.3 is 0 Å². The van der Waals surface area contributed by atoms with Crippen molar-refractivity contribution >= 4 is 18.4 Å². The zero-order valence-corrected chi connectivity index (χ0v) is 6.20. The van der Waals surface area contributed by atoms with Gasteiger partial charge in [-0.15, -0.1) is 0 Å². The fourth-order valence-electron chi connectivity index (χ4n) is 0.569. The minimum absolute atomic E-state index is 0.303. The van der Waals surface area contributed by atoms with Gasteiger partial charge in [0.15, 0.2) is 0 Å². The summed E-state index contributed by atoms with van der Waals surface area (Å²) in [6.07, 6.45) is 3.88. The van der Waals surface area contributed by atoms with Crippen LogP contribution in [0.15, 0.2) is 0 Å². The summed E-state index contributed by atoms with van der Waals surface area (Å²) in [7, 11) is 0. The van der Waals surface area contributed by atoms with Gasteiger partial charge in [-0.2, -0.15) is 0 Å². The van der Waals surface area contributed by atoms with Gasteiger partial charge in [0.25, 0.3) is 0 Å². The Hall–Kier alpha value is 0.0849.